The first-order chi connectivity index (χ1) is 12.1. The Morgan fingerprint density at radius 2 is 1.85 bits per heavy atom. The molecule has 6 nitrogen and oxygen atoms in total. The third kappa shape index (κ3) is 4.82. The van der Waals surface area contributed by atoms with Crippen molar-refractivity contribution in [2.24, 2.45) is 0 Å². The first-order valence-corrected chi connectivity index (χ1v) is 8.62. The number of halogens is 1. The van der Waals surface area contributed by atoms with Gasteiger partial charge < -0.3 is 15.0 Å². The van der Waals surface area contributed by atoms with Gasteiger partial charge in [-0.15, -0.1) is 15.0 Å². The molecule has 0 saturated heterocycles. The maximum absolute atomic E-state index is 10.8. The number of carboxylic acids is 1. The van der Waals surface area contributed by atoms with Crippen molar-refractivity contribution in [2.75, 3.05) is 0 Å². The number of aliphatic carboxylic acids is 1. The van der Waals surface area contributed by atoms with E-state index in [1.165, 1.54) is 4.80 Å². The fourth-order valence-electron chi connectivity index (χ4n) is 2.79. The van der Waals surface area contributed by atoms with Crippen LogP contribution in [0.25, 0.3) is 16.7 Å². The molecule has 0 saturated carbocycles. The van der Waals surface area contributed by atoms with E-state index in [2.05, 4.69) is 10.2 Å². The standard InChI is InChI=1S/C19H20ClN3O3.Na/c1-19(2,3)13-8-11(4-7-17(24)25)9-16(18(13)26)23-21-14-6-5-12(20)10-15(14)22-23;/h5-6,8-10,26H,4,7H2,1-3H3,(H,24,25);/q;+1/p-1. The van der Waals surface area contributed by atoms with E-state index in [0.29, 0.717) is 33.7 Å². The van der Waals surface area contributed by atoms with E-state index < -0.39 is 5.97 Å². The van der Waals surface area contributed by atoms with Gasteiger partial charge >= 0.3 is 29.6 Å². The fourth-order valence-corrected chi connectivity index (χ4v) is 2.95. The van der Waals surface area contributed by atoms with Gasteiger partial charge in [-0.25, -0.2) is 0 Å². The van der Waals surface area contributed by atoms with Gasteiger partial charge in [-0.1, -0.05) is 38.4 Å². The molecule has 0 amide bonds. The summed E-state index contributed by atoms with van der Waals surface area (Å²) in [6.07, 6.45) is 0.198. The predicted octanol–water partition coefficient (Wildman–Crippen LogP) is -0.237. The van der Waals surface area contributed by atoms with E-state index >= 15 is 0 Å². The molecule has 0 aliphatic heterocycles. The molecular weight excluding hydrogens is 377 g/mol. The van der Waals surface area contributed by atoms with Crippen molar-refractivity contribution in [3.8, 4) is 11.4 Å². The van der Waals surface area contributed by atoms with Crippen LogP contribution in [0.3, 0.4) is 0 Å². The minimum atomic E-state index is -1.12. The van der Waals surface area contributed by atoms with Gasteiger partial charge in [0.1, 0.15) is 22.5 Å². The number of phenolic OH excluding ortho intramolecular Hbond substituents is 1. The Hall–Kier alpha value is -1.60. The largest absolute Gasteiger partial charge is 1.00 e. The number of aromatic hydroxyl groups is 1. The van der Waals surface area contributed by atoms with E-state index in [1.807, 2.05) is 26.8 Å². The molecule has 0 aliphatic rings. The molecule has 1 aromatic heterocycles. The van der Waals surface area contributed by atoms with Crippen LogP contribution >= 0.6 is 11.6 Å². The molecule has 1 heterocycles. The monoisotopic (exact) mass is 395 g/mol. The second-order valence-corrected chi connectivity index (χ2v) is 7.69. The molecule has 0 fully saturated rings. The SMILES string of the molecule is CC(C)(C)c1cc(CCC(=O)[O-])cc(-n2nc3ccc(Cl)cc3n2)c1O.[Na+]. The molecule has 3 aromatic rings. The van der Waals surface area contributed by atoms with E-state index in [9.17, 15) is 15.0 Å². The number of hydrogen-bond donors (Lipinski definition) is 1. The van der Waals surface area contributed by atoms with E-state index in [1.54, 1.807) is 24.3 Å². The van der Waals surface area contributed by atoms with Gasteiger partial charge in [-0.05, 0) is 48.1 Å². The summed E-state index contributed by atoms with van der Waals surface area (Å²) in [7, 11) is 0. The molecule has 3 rings (SSSR count). The van der Waals surface area contributed by atoms with Gasteiger partial charge in [-0.3, -0.25) is 0 Å². The summed E-state index contributed by atoms with van der Waals surface area (Å²) >= 11 is 6.00. The maximum atomic E-state index is 10.8. The van der Waals surface area contributed by atoms with Crippen molar-refractivity contribution in [1.82, 2.24) is 15.0 Å². The van der Waals surface area contributed by atoms with Gasteiger partial charge in [0, 0.05) is 16.6 Å². The average Bonchev–Trinajstić information content (AvgIpc) is 2.95. The molecule has 0 aliphatic carbocycles. The summed E-state index contributed by atoms with van der Waals surface area (Å²) in [4.78, 5) is 12.2. The molecule has 136 valence electrons. The number of benzene rings is 2. The Bertz CT molecular complexity index is 996. The van der Waals surface area contributed by atoms with Crippen molar-refractivity contribution >= 4 is 28.6 Å². The molecule has 0 unspecified atom stereocenters. The zero-order valence-corrected chi connectivity index (χ0v) is 18.5. The van der Waals surface area contributed by atoms with Crippen molar-refractivity contribution in [2.45, 2.75) is 39.0 Å². The quantitative estimate of drug-likeness (QED) is 0.616. The Morgan fingerprint density at radius 1 is 1.19 bits per heavy atom. The fraction of sp³-hybridized carbons (Fsp3) is 0.316. The third-order valence-corrected chi connectivity index (χ3v) is 4.37. The Labute approximate surface area is 184 Å². The molecule has 0 atom stereocenters. The number of carbonyl (C=O) groups excluding carboxylic acids is 1. The van der Waals surface area contributed by atoms with Gasteiger partial charge in [0.2, 0.25) is 0 Å². The van der Waals surface area contributed by atoms with Crippen LogP contribution in [0.4, 0.5) is 0 Å². The molecule has 2 aromatic carbocycles. The van der Waals surface area contributed by atoms with Crippen LogP contribution in [0, 0.1) is 0 Å². The smallest absolute Gasteiger partial charge is 0.550 e. The zero-order valence-electron chi connectivity index (χ0n) is 15.8. The number of hydrogen-bond acceptors (Lipinski definition) is 5. The molecule has 0 radical (unpaired) electrons. The number of carbonyl (C=O) groups is 1. The Morgan fingerprint density at radius 3 is 2.48 bits per heavy atom. The van der Waals surface area contributed by atoms with Gasteiger partial charge in [0.15, 0.2) is 0 Å². The van der Waals surface area contributed by atoms with Gasteiger partial charge in [0.05, 0.1) is 0 Å². The van der Waals surface area contributed by atoms with Crippen molar-refractivity contribution in [1.29, 1.82) is 0 Å². The summed E-state index contributed by atoms with van der Waals surface area (Å²) in [6.45, 7) is 5.92. The van der Waals surface area contributed by atoms with Gasteiger partial charge in [0.25, 0.3) is 0 Å². The average molecular weight is 396 g/mol. The van der Waals surface area contributed by atoms with Gasteiger partial charge in [-0.2, -0.15) is 0 Å². The second-order valence-electron chi connectivity index (χ2n) is 7.26. The first-order valence-electron chi connectivity index (χ1n) is 8.24. The minimum Gasteiger partial charge on any atom is -0.550 e. The number of carboxylic acid groups (broad SMARTS) is 1. The third-order valence-electron chi connectivity index (χ3n) is 4.13. The van der Waals surface area contributed by atoms with Crippen molar-refractivity contribution < 1.29 is 44.6 Å². The number of rotatable bonds is 4. The second kappa shape index (κ2) is 8.19. The van der Waals surface area contributed by atoms with Crippen molar-refractivity contribution in [3.05, 3.63) is 46.5 Å². The molecular formula is C19H19ClN3NaO3. The van der Waals surface area contributed by atoms with Crippen LogP contribution in [0.2, 0.25) is 5.02 Å². The predicted molar refractivity (Wildman–Crippen MR) is 97.6 cm³/mol. The van der Waals surface area contributed by atoms with Crippen LogP contribution in [0.5, 0.6) is 5.75 Å². The summed E-state index contributed by atoms with van der Waals surface area (Å²) in [6, 6.07) is 8.69. The normalized spacial score (nSPS) is 11.4. The molecule has 27 heavy (non-hydrogen) atoms. The van der Waals surface area contributed by atoms with Crippen LogP contribution in [-0.4, -0.2) is 26.1 Å². The van der Waals surface area contributed by atoms with Crippen LogP contribution in [-0.2, 0) is 16.6 Å². The number of aromatic nitrogens is 3. The first kappa shape index (κ1) is 21.7. The molecule has 1 N–H and O–H groups in total. The van der Waals surface area contributed by atoms with E-state index in [-0.39, 0.29) is 47.1 Å². The molecule has 8 heteroatoms. The Balaban J connectivity index is 0.00000261. The van der Waals surface area contributed by atoms with Crippen molar-refractivity contribution in [3.63, 3.8) is 0 Å². The number of aryl methyl sites for hydroxylation is 1. The summed E-state index contributed by atoms with van der Waals surface area (Å²) in [5.41, 5.74) is 2.78. The zero-order chi connectivity index (χ0) is 19.1. The molecule has 0 bridgehead atoms. The molecule has 0 spiro atoms. The topological polar surface area (TPSA) is 91.1 Å². The summed E-state index contributed by atoms with van der Waals surface area (Å²) < 4.78 is 0. The number of nitrogens with zero attached hydrogens (tertiary/aromatic N) is 3. The summed E-state index contributed by atoms with van der Waals surface area (Å²) in [5, 5.41) is 31.0. The number of phenols is 1. The Kier molecular flexibility index (Phi) is 6.58. The van der Waals surface area contributed by atoms with Crippen LogP contribution in [0.15, 0.2) is 30.3 Å². The summed E-state index contributed by atoms with van der Waals surface area (Å²) in [5.74, 6) is -1.05. The maximum Gasteiger partial charge on any atom is 1.00 e. The number of fused-ring (bicyclic) bond motifs is 1. The minimum absolute atomic E-state index is 0. The van der Waals surface area contributed by atoms with E-state index in [4.69, 9.17) is 11.6 Å². The van der Waals surface area contributed by atoms with Crippen LogP contribution in [0.1, 0.15) is 38.3 Å². The van der Waals surface area contributed by atoms with E-state index in [0.717, 1.165) is 5.56 Å². The van der Waals surface area contributed by atoms with Crippen LogP contribution < -0.4 is 34.7 Å².